The van der Waals surface area contributed by atoms with Crippen LogP contribution in [0.5, 0.6) is 0 Å². The fraction of sp³-hybridized carbons (Fsp3) is 0.500. The van der Waals surface area contributed by atoms with Crippen LogP contribution in [-0.4, -0.2) is 42.5 Å². The van der Waals surface area contributed by atoms with Crippen molar-refractivity contribution < 1.29 is 4.79 Å². The van der Waals surface area contributed by atoms with E-state index in [1.165, 1.54) is 0 Å². The molecule has 0 bridgehead atoms. The number of amides is 1. The number of piperazine rings is 1. The molecule has 0 unspecified atom stereocenters. The number of nitrogens with zero attached hydrogens (tertiary/aromatic N) is 1. The number of para-hydroxylation sites is 1. The van der Waals surface area contributed by atoms with E-state index in [-0.39, 0.29) is 11.4 Å². The molecule has 5 heteroatoms. The predicted molar refractivity (Wildman–Crippen MR) is 78.6 cm³/mol. The lowest BCUT2D eigenvalue weighted by atomic mass is 10.0. The largest absolute Gasteiger partial charge is 0.324 e. The number of nitrogens with one attached hydrogen (secondary N) is 2. The predicted octanol–water partition coefficient (Wildman–Crippen LogP) is 1.96. The van der Waals surface area contributed by atoms with E-state index < -0.39 is 0 Å². The third kappa shape index (κ3) is 3.69. The number of hydrogen-bond acceptors (Lipinski definition) is 3. The smallest absolute Gasteiger partial charge is 0.238 e. The van der Waals surface area contributed by atoms with Gasteiger partial charge in [-0.15, -0.1) is 0 Å². The van der Waals surface area contributed by atoms with Crippen molar-refractivity contribution >= 4 is 23.2 Å². The van der Waals surface area contributed by atoms with Crippen LogP contribution in [0.25, 0.3) is 0 Å². The van der Waals surface area contributed by atoms with Crippen molar-refractivity contribution in [2.45, 2.75) is 19.4 Å². The van der Waals surface area contributed by atoms with Crippen molar-refractivity contribution in [1.82, 2.24) is 10.2 Å². The van der Waals surface area contributed by atoms with Gasteiger partial charge in [-0.1, -0.05) is 23.7 Å². The zero-order valence-corrected chi connectivity index (χ0v) is 12.1. The Labute approximate surface area is 119 Å². The molecule has 2 rings (SSSR count). The lowest BCUT2D eigenvalue weighted by Gasteiger charge is -2.42. The third-order valence-electron chi connectivity index (χ3n) is 3.45. The van der Waals surface area contributed by atoms with Gasteiger partial charge in [0, 0.05) is 25.2 Å². The summed E-state index contributed by atoms with van der Waals surface area (Å²) in [5.74, 6) is -0.0249. The summed E-state index contributed by atoms with van der Waals surface area (Å²) < 4.78 is 0. The van der Waals surface area contributed by atoms with Crippen molar-refractivity contribution in [3.8, 4) is 0 Å². The average Bonchev–Trinajstić information content (AvgIpc) is 2.35. The van der Waals surface area contributed by atoms with E-state index in [4.69, 9.17) is 11.6 Å². The number of carbonyl (C=O) groups excluding carboxylic acids is 1. The molecule has 1 fully saturated rings. The van der Waals surface area contributed by atoms with Crippen LogP contribution in [0.1, 0.15) is 13.8 Å². The number of hydrogen-bond donors (Lipinski definition) is 2. The monoisotopic (exact) mass is 281 g/mol. The number of rotatable bonds is 3. The van der Waals surface area contributed by atoms with Gasteiger partial charge in [0.15, 0.2) is 0 Å². The Kier molecular flexibility index (Phi) is 4.45. The van der Waals surface area contributed by atoms with E-state index in [1.807, 2.05) is 18.2 Å². The van der Waals surface area contributed by atoms with Crippen molar-refractivity contribution in [3.63, 3.8) is 0 Å². The summed E-state index contributed by atoms with van der Waals surface area (Å²) in [6, 6.07) is 7.28. The minimum Gasteiger partial charge on any atom is -0.324 e. The van der Waals surface area contributed by atoms with E-state index in [2.05, 4.69) is 29.4 Å². The maximum atomic E-state index is 12.1. The van der Waals surface area contributed by atoms with Crippen LogP contribution < -0.4 is 10.6 Å². The van der Waals surface area contributed by atoms with Crippen molar-refractivity contribution in [1.29, 1.82) is 0 Å². The number of benzene rings is 1. The Morgan fingerprint density at radius 3 is 2.89 bits per heavy atom. The van der Waals surface area contributed by atoms with Gasteiger partial charge in [0.2, 0.25) is 5.91 Å². The number of halogens is 1. The van der Waals surface area contributed by atoms with Crippen molar-refractivity contribution in [3.05, 3.63) is 29.3 Å². The molecule has 104 valence electrons. The van der Waals surface area contributed by atoms with Crippen molar-refractivity contribution in [2.75, 3.05) is 31.5 Å². The maximum Gasteiger partial charge on any atom is 0.238 e. The number of carbonyl (C=O) groups is 1. The highest BCUT2D eigenvalue weighted by atomic mass is 35.5. The highest BCUT2D eigenvalue weighted by Gasteiger charge is 2.30. The van der Waals surface area contributed by atoms with Crippen LogP contribution >= 0.6 is 11.6 Å². The molecular formula is C14H20ClN3O. The Balaban J connectivity index is 1.96. The molecule has 1 heterocycles. The van der Waals surface area contributed by atoms with Crippen LogP contribution in [-0.2, 0) is 4.79 Å². The van der Waals surface area contributed by atoms with Crippen LogP contribution in [0.4, 0.5) is 5.69 Å². The molecule has 1 amide bonds. The first-order valence-electron chi connectivity index (χ1n) is 6.49. The minimum atomic E-state index is -0.0249. The second-order valence-corrected chi connectivity index (χ2v) is 5.85. The van der Waals surface area contributed by atoms with Gasteiger partial charge in [0.25, 0.3) is 0 Å². The molecule has 1 aliphatic heterocycles. The van der Waals surface area contributed by atoms with Gasteiger partial charge >= 0.3 is 0 Å². The lowest BCUT2D eigenvalue weighted by molar-refractivity contribution is -0.119. The van der Waals surface area contributed by atoms with Crippen molar-refractivity contribution in [2.24, 2.45) is 0 Å². The Hall–Kier alpha value is -1.10. The van der Waals surface area contributed by atoms with Gasteiger partial charge in [-0.2, -0.15) is 0 Å². The fourth-order valence-electron chi connectivity index (χ4n) is 2.24. The molecule has 19 heavy (non-hydrogen) atoms. The van der Waals surface area contributed by atoms with E-state index in [1.54, 1.807) is 6.07 Å². The zero-order valence-electron chi connectivity index (χ0n) is 11.4. The second-order valence-electron chi connectivity index (χ2n) is 5.44. The van der Waals surface area contributed by atoms with E-state index in [0.29, 0.717) is 17.3 Å². The standard InChI is InChI=1S/C14H20ClN3O/c1-14(2)10-16-7-8-18(14)9-13(19)17-12-6-4-3-5-11(12)15/h3-6,16H,7-10H2,1-2H3,(H,17,19). The molecule has 1 aromatic rings. The molecule has 0 aliphatic carbocycles. The van der Waals surface area contributed by atoms with Gasteiger partial charge < -0.3 is 10.6 Å². The molecule has 0 spiro atoms. The molecule has 1 aliphatic rings. The zero-order chi connectivity index (χ0) is 13.9. The summed E-state index contributed by atoms with van der Waals surface area (Å²) >= 11 is 6.03. The Bertz CT molecular complexity index is 462. The molecule has 1 saturated heterocycles. The van der Waals surface area contributed by atoms with E-state index >= 15 is 0 Å². The average molecular weight is 282 g/mol. The van der Waals surface area contributed by atoms with E-state index in [0.717, 1.165) is 19.6 Å². The molecule has 4 nitrogen and oxygen atoms in total. The fourth-order valence-corrected chi connectivity index (χ4v) is 2.42. The molecule has 0 aromatic heterocycles. The first-order valence-corrected chi connectivity index (χ1v) is 6.87. The lowest BCUT2D eigenvalue weighted by Crippen LogP contribution is -2.59. The number of anilines is 1. The van der Waals surface area contributed by atoms with Crippen LogP contribution in [0.15, 0.2) is 24.3 Å². The summed E-state index contributed by atoms with van der Waals surface area (Å²) in [6.45, 7) is 7.36. The molecule has 2 N–H and O–H groups in total. The molecule has 0 atom stereocenters. The van der Waals surface area contributed by atoms with E-state index in [9.17, 15) is 4.79 Å². The quantitative estimate of drug-likeness (QED) is 0.890. The van der Waals surface area contributed by atoms with Gasteiger partial charge in [0.1, 0.15) is 0 Å². The summed E-state index contributed by atoms with van der Waals surface area (Å²) in [4.78, 5) is 14.3. The van der Waals surface area contributed by atoms with Gasteiger partial charge in [0.05, 0.1) is 17.3 Å². The SMILES string of the molecule is CC1(C)CNCCN1CC(=O)Nc1ccccc1Cl. The highest BCUT2D eigenvalue weighted by Crippen LogP contribution is 2.21. The van der Waals surface area contributed by atoms with Gasteiger partial charge in [-0.05, 0) is 26.0 Å². The van der Waals surface area contributed by atoms with Gasteiger partial charge in [-0.3, -0.25) is 9.69 Å². The summed E-state index contributed by atoms with van der Waals surface area (Å²) in [5.41, 5.74) is 0.665. The Morgan fingerprint density at radius 2 is 2.21 bits per heavy atom. The molecule has 0 saturated carbocycles. The normalized spacial score (nSPS) is 19.1. The summed E-state index contributed by atoms with van der Waals surface area (Å²) in [5, 5.41) is 6.77. The van der Waals surface area contributed by atoms with Crippen LogP contribution in [0.3, 0.4) is 0 Å². The minimum absolute atomic E-state index is 0.00390. The second kappa shape index (κ2) is 5.90. The maximum absolute atomic E-state index is 12.1. The Morgan fingerprint density at radius 1 is 1.47 bits per heavy atom. The molecule has 1 aromatic carbocycles. The summed E-state index contributed by atoms with van der Waals surface area (Å²) in [6.07, 6.45) is 0. The van der Waals surface area contributed by atoms with Crippen LogP contribution in [0, 0.1) is 0 Å². The molecular weight excluding hydrogens is 262 g/mol. The summed E-state index contributed by atoms with van der Waals surface area (Å²) in [7, 11) is 0. The van der Waals surface area contributed by atoms with Gasteiger partial charge in [-0.25, -0.2) is 0 Å². The first kappa shape index (κ1) is 14.3. The topological polar surface area (TPSA) is 44.4 Å². The van der Waals surface area contributed by atoms with Crippen LogP contribution in [0.2, 0.25) is 5.02 Å². The highest BCUT2D eigenvalue weighted by molar-refractivity contribution is 6.33. The molecule has 0 radical (unpaired) electrons. The first-order chi connectivity index (χ1) is 8.99. The third-order valence-corrected chi connectivity index (χ3v) is 3.78.